The minimum absolute atomic E-state index is 0.201. The Bertz CT molecular complexity index is 408. The third-order valence-corrected chi connectivity index (χ3v) is 5.13. The van der Waals surface area contributed by atoms with Crippen molar-refractivity contribution >= 4 is 17.7 Å². The molecule has 6 heteroatoms. The molecule has 1 aromatic heterocycles. The molecule has 2 unspecified atom stereocenters. The van der Waals surface area contributed by atoms with Gasteiger partial charge in [-0.25, -0.2) is 9.67 Å². The lowest BCUT2D eigenvalue weighted by Gasteiger charge is -2.38. The topological polar surface area (TPSA) is 51.0 Å². The van der Waals surface area contributed by atoms with Crippen molar-refractivity contribution in [2.24, 2.45) is 0 Å². The predicted molar refractivity (Wildman–Crippen MR) is 70.2 cm³/mol. The Morgan fingerprint density at radius 1 is 1.39 bits per heavy atom. The number of carbonyl (C=O) groups is 1. The van der Waals surface area contributed by atoms with Crippen LogP contribution in [-0.2, 0) is 11.3 Å². The van der Waals surface area contributed by atoms with Crippen LogP contribution in [0.25, 0.3) is 0 Å². The average molecular weight is 266 g/mol. The Hall–Kier alpha value is -1.04. The number of hydrogen-bond donors (Lipinski definition) is 0. The molecule has 5 nitrogen and oxygen atoms in total. The zero-order valence-electron chi connectivity index (χ0n) is 10.5. The summed E-state index contributed by atoms with van der Waals surface area (Å²) >= 11 is 1.95. The summed E-state index contributed by atoms with van der Waals surface area (Å²) in [5.41, 5.74) is 0. The second-order valence-corrected chi connectivity index (χ2v) is 6.25. The smallest absolute Gasteiger partial charge is 0.244 e. The number of aromatic nitrogens is 3. The molecule has 0 aliphatic carbocycles. The van der Waals surface area contributed by atoms with Crippen molar-refractivity contribution in [3.63, 3.8) is 0 Å². The van der Waals surface area contributed by atoms with Crippen LogP contribution in [0.3, 0.4) is 0 Å². The number of hydrogen-bond acceptors (Lipinski definition) is 4. The molecule has 2 atom stereocenters. The van der Waals surface area contributed by atoms with E-state index in [1.54, 1.807) is 11.0 Å². The molecule has 1 amide bonds. The SMILES string of the molecule is CSC1CC2CCC(C1)N2C(=O)Cn1cncn1. The monoisotopic (exact) mass is 266 g/mol. The largest absolute Gasteiger partial charge is 0.335 e. The Kier molecular flexibility index (Phi) is 3.28. The molecular weight excluding hydrogens is 248 g/mol. The van der Waals surface area contributed by atoms with Gasteiger partial charge in [-0.2, -0.15) is 16.9 Å². The van der Waals surface area contributed by atoms with Crippen molar-refractivity contribution in [1.29, 1.82) is 0 Å². The van der Waals surface area contributed by atoms with Crippen molar-refractivity contribution in [1.82, 2.24) is 19.7 Å². The van der Waals surface area contributed by atoms with E-state index in [1.807, 2.05) is 11.8 Å². The highest BCUT2D eigenvalue weighted by molar-refractivity contribution is 7.99. The van der Waals surface area contributed by atoms with Crippen molar-refractivity contribution in [2.45, 2.75) is 49.6 Å². The summed E-state index contributed by atoms with van der Waals surface area (Å²) in [5, 5.41) is 4.74. The van der Waals surface area contributed by atoms with Crippen LogP contribution in [0.1, 0.15) is 25.7 Å². The highest BCUT2D eigenvalue weighted by Crippen LogP contribution is 2.39. The van der Waals surface area contributed by atoms with E-state index >= 15 is 0 Å². The minimum atomic E-state index is 0.201. The van der Waals surface area contributed by atoms with Gasteiger partial charge in [-0.05, 0) is 31.9 Å². The van der Waals surface area contributed by atoms with Gasteiger partial charge < -0.3 is 4.90 Å². The summed E-state index contributed by atoms with van der Waals surface area (Å²) in [5.74, 6) is 0.201. The van der Waals surface area contributed by atoms with Gasteiger partial charge in [0.25, 0.3) is 0 Å². The number of fused-ring (bicyclic) bond motifs is 2. The van der Waals surface area contributed by atoms with Crippen molar-refractivity contribution in [2.75, 3.05) is 6.26 Å². The Morgan fingerprint density at radius 3 is 2.67 bits per heavy atom. The number of rotatable bonds is 3. The number of carbonyl (C=O) groups excluding carboxylic acids is 1. The lowest BCUT2D eigenvalue weighted by Crippen LogP contribution is -2.48. The molecule has 1 aromatic rings. The molecule has 0 saturated carbocycles. The van der Waals surface area contributed by atoms with Crippen LogP contribution in [0.5, 0.6) is 0 Å². The van der Waals surface area contributed by atoms with E-state index in [-0.39, 0.29) is 5.91 Å². The molecule has 98 valence electrons. The molecule has 2 saturated heterocycles. The molecule has 2 aliphatic rings. The summed E-state index contributed by atoms with van der Waals surface area (Å²) in [4.78, 5) is 18.3. The fraction of sp³-hybridized carbons (Fsp3) is 0.750. The van der Waals surface area contributed by atoms with Gasteiger partial charge >= 0.3 is 0 Å². The summed E-state index contributed by atoms with van der Waals surface area (Å²) in [7, 11) is 0. The Balaban J connectivity index is 1.68. The van der Waals surface area contributed by atoms with Crippen LogP contribution in [0.4, 0.5) is 0 Å². The standard InChI is InChI=1S/C12H18N4OS/c1-18-11-4-9-2-3-10(5-11)16(9)12(17)6-15-8-13-7-14-15/h7-11H,2-6H2,1H3. The normalized spacial score (nSPS) is 30.7. The van der Waals surface area contributed by atoms with Crippen LogP contribution in [0.2, 0.25) is 0 Å². The maximum absolute atomic E-state index is 12.4. The van der Waals surface area contributed by atoms with Gasteiger partial charge in [0.1, 0.15) is 19.2 Å². The van der Waals surface area contributed by atoms with Crippen LogP contribution in [-0.4, -0.2) is 49.2 Å². The first kappa shape index (κ1) is 12.0. The Labute approximate surface area is 111 Å². The number of piperidine rings is 1. The third kappa shape index (κ3) is 2.13. The van der Waals surface area contributed by atoms with E-state index in [9.17, 15) is 4.79 Å². The molecule has 2 fully saturated rings. The third-order valence-electron chi connectivity index (χ3n) is 4.07. The molecular formula is C12H18N4OS. The molecule has 2 aliphatic heterocycles. The molecule has 3 rings (SSSR count). The fourth-order valence-electron chi connectivity index (χ4n) is 3.26. The number of nitrogens with zero attached hydrogens (tertiary/aromatic N) is 4. The minimum Gasteiger partial charge on any atom is -0.335 e. The molecule has 0 radical (unpaired) electrons. The van der Waals surface area contributed by atoms with Gasteiger partial charge in [0.05, 0.1) is 0 Å². The second kappa shape index (κ2) is 4.91. The molecule has 0 N–H and O–H groups in total. The quantitative estimate of drug-likeness (QED) is 0.824. The van der Waals surface area contributed by atoms with E-state index in [2.05, 4.69) is 21.2 Å². The van der Waals surface area contributed by atoms with Crippen molar-refractivity contribution in [3.8, 4) is 0 Å². The summed E-state index contributed by atoms with van der Waals surface area (Å²) in [6, 6.07) is 0.912. The zero-order chi connectivity index (χ0) is 12.5. The predicted octanol–water partition coefficient (Wildman–Crippen LogP) is 1.16. The van der Waals surface area contributed by atoms with E-state index < -0.39 is 0 Å². The maximum atomic E-state index is 12.4. The van der Waals surface area contributed by atoms with Gasteiger partial charge in [0.15, 0.2) is 0 Å². The van der Waals surface area contributed by atoms with Crippen molar-refractivity contribution < 1.29 is 4.79 Å². The Morgan fingerprint density at radius 2 is 2.11 bits per heavy atom. The summed E-state index contributed by atoms with van der Waals surface area (Å²) in [6.45, 7) is 0.330. The van der Waals surface area contributed by atoms with Gasteiger partial charge in [0.2, 0.25) is 5.91 Å². The van der Waals surface area contributed by atoms with Crippen LogP contribution in [0.15, 0.2) is 12.7 Å². The summed E-state index contributed by atoms with van der Waals surface area (Å²) < 4.78 is 1.61. The van der Waals surface area contributed by atoms with E-state index in [0.717, 1.165) is 18.1 Å². The highest BCUT2D eigenvalue weighted by atomic mass is 32.2. The first-order valence-corrected chi connectivity index (χ1v) is 7.73. The highest BCUT2D eigenvalue weighted by Gasteiger charge is 2.42. The molecule has 3 heterocycles. The molecule has 0 spiro atoms. The fourth-order valence-corrected chi connectivity index (χ4v) is 4.09. The van der Waals surface area contributed by atoms with E-state index in [4.69, 9.17) is 0 Å². The first-order valence-electron chi connectivity index (χ1n) is 6.44. The van der Waals surface area contributed by atoms with Crippen LogP contribution < -0.4 is 0 Å². The van der Waals surface area contributed by atoms with Gasteiger partial charge in [-0.15, -0.1) is 0 Å². The summed E-state index contributed by atoms with van der Waals surface area (Å²) in [6.07, 6.45) is 9.91. The average Bonchev–Trinajstić information content (AvgIpc) is 2.95. The molecule has 18 heavy (non-hydrogen) atoms. The lowest BCUT2D eigenvalue weighted by atomic mass is 10.0. The van der Waals surface area contributed by atoms with Gasteiger partial charge in [-0.1, -0.05) is 0 Å². The van der Waals surface area contributed by atoms with Crippen LogP contribution in [0, 0.1) is 0 Å². The molecule has 2 bridgehead atoms. The van der Waals surface area contributed by atoms with Gasteiger partial charge in [0, 0.05) is 17.3 Å². The van der Waals surface area contributed by atoms with Gasteiger partial charge in [-0.3, -0.25) is 4.79 Å². The van der Waals surface area contributed by atoms with Crippen LogP contribution >= 0.6 is 11.8 Å². The van der Waals surface area contributed by atoms with Crippen molar-refractivity contribution in [3.05, 3.63) is 12.7 Å². The second-order valence-electron chi connectivity index (χ2n) is 5.11. The zero-order valence-corrected chi connectivity index (χ0v) is 11.3. The number of amides is 1. The first-order chi connectivity index (χ1) is 8.78. The maximum Gasteiger partial charge on any atom is 0.244 e. The molecule has 0 aromatic carbocycles. The van der Waals surface area contributed by atoms with E-state index in [1.165, 1.54) is 19.2 Å². The number of thioether (sulfide) groups is 1. The lowest BCUT2D eigenvalue weighted by molar-refractivity contribution is -0.136. The van der Waals surface area contributed by atoms with E-state index in [0.29, 0.717) is 18.6 Å².